The molecular weight excluding hydrogens is 561 g/mol. The minimum atomic E-state index is -4.22. The summed E-state index contributed by atoms with van der Waals surface area (Å²) in [6.45, 7) is 5.04. The molecule has 1 N–H and O–H groups in total. The number of nitrogens with one attached hydrogen (secondary N) is 1. The maximum atomic E-state index is 14.0. The molecule has 3 aromatic carbocycles. The van der Waals surface area contributed by atoms with Crippen molar-refractivity contribution in [1.82, 2.24) is 10.2 Å². The van der Waals surface area contributed by atoms with E-state index in [1.54, 1.807) is 81.4 Å². The van der Waals surface area contributed by atoms with Crippen molar-refractivity contribution < 1.29 is 22.7 Å². The third kappa shape index (κ3) is 7.23. The lowest BCUT2D eigenvalue weighted by molar-refractivity contribution is -0.139. The van der Waals surface area contributed by atoms with Crippen LogP contribution in [0.2, 0.25) is 10.0 Å². The molecule has 0 aliphatic rings. The summed E-state index contributed by atoms with van der Waals surface area (Å²) >= 11 is 12.8. The highest BCUT2D eigenvalue weighted by atomic mass is 35.5. The summed E-state index contributed by atoms with van der Waals surface area (Å²) in [7, 11) is -4.22. The van der Waals surface area contributed by atoms with Gasteiger partial charge in [-0.15, -0.1) is 0 Å². The molecule has 1 atom stereocenters. The largest absolute Gasteiger partial charge is 0.492 e. The number of amides is 2. The van der Waals surface area contributed by atoms with E-state index in [0.717, 1.165) is 4.31 Å². The molecule has 11 heteroatoms. The molecule has 0 saturated carbocycles. The molecule has 8 nitrogen and oxygen atoms in total. The van der Waals surface area contributed by atoms with Crippen LogP contribution in [0.25, 0.3) is 0 Å². The maximum Gasteiger partial charge on any atom is 0.264 e. The molecule has 2 amide bonds. The molecule has 0 fully saturated rings. The number of ether oxygens (including phenoxy) is 1. The van der Waals surface area contributed by atoms with Gasteiger partial charge in [0.2, 0.25) is 11.8 Å². The van der Waals surface area contributed by atoms with E-state index in [1.807, 2.05) is 0 Å². The molecule has 0 aliphatic heterocycles. The van der Waals surface area contributed by atoms with Crippen molar-refractivity contribution in [3.8, 4) is 5.75 Å². The van der Waals surface area contributed by atoms with Crippen LogP contribution in [0.4, 0.5) is 5.69 Å². The lowest BCUT2D eigenvalue weighted by atomic mass is 10.1. The van der Waals surface area contributed by atoms with Crippen LogP contribution in [0, 0.1) is 0 Å². The first-order valence-electron chi connectivity index (χ1n) is 12.4. The number of likely N-dealkylation sites (N-methyl/N-ethyl adjacent to an activating group) is 1. The molecule has 0 heterocycles. The van der Waals surface area contributed by atoms with Crippen molar-refractivity contribution in [3.63, 3.8) is 0 Å². The van der Waals surface area contributed by atoms with Crippen molar-refractivity contribution >= 4 is 50.7 Å². The fourth-order valence-corrected chi connectivity index (χ4v) is 5.89. The Balaban J connectivity index is 2.11. The van der Waals surface area contributed by atoms with Crippen LogP contribution in [0.5, 0.6) is 5.75 Å². The minimum absolute atomic E-state index is 0.00146. The molecular formula is C28H31Cl2N3O5S. The average Bonchev–Trinajstić information content (AvgIpc) is 2.92. The van der Waals surface area contributed by atoms with Gasteiger partial charge in [-0.05, 0) is 57.2 Å². The van der Waals surface area contributed by atoms with Crippen molar-refractivity contribution in [2.45, 2.75) is 38.3 Å². The molecule has 3 aromatic rings. The summed E-state index contributed by atoms with van der Waals surface area (Å²) in [4.78, 5) is 28.1. The van der Waals surface area contributed by atoms with E-state index in [9.17, 15) is 18.0 Å². The number of hydrogen-bond acceptors (Lipinski definition) is 5. The fraction of sp³-hybridized carbons (Fsp3) is 0.286. The van der Waals surface area contributed by atoms with Crippen LogP contribution in [0.15, 0.2) is 77.7 Å². The molecule has 39 heavy (non-hydrogen) atoms. The molecule has 0 aliphatic carbocycles. The summed E-state index contributed by atoms with van der Waals surface area (Å²) in [5, 5.41) is 3.35. The standard InChI is InChI=1S/C28H31Cl2N3O5S/c1-4-31-28(35)20(3)32(18-22-23(29)14-11-15-24(22)30)27(34)19-33(25-16-9-10-17-26(25)38-5-2)39(36,37)21-12-7-6-8-13-21/h6-17,20H,4-5,18-19H2,1-3H3,(H,31,35)/t20-/m1/s1. The molecule has 3 rings (SSSR count). The Morgan fingerprint density at radius 3 is 2.15 bits per heavy atom. The monoisotopic (exact) mass is 591 g/mol. The molecule has 0 aromatic heterocycles. The molecule has 0 unspecified atom stereocenters. The zero-order valence-electron chi connectivity index (χ0n) is 21.9. The quantitative estimate of drug-likeness (QED) is 0.314. The Morgan fingerprint density at radius 1 is 0.923 bits per heavy atom. The van der Waals surface area contributed by atoms with Gasteiger partial charge in [-0.25, -0.2) is 8.42 Å². The van der Waals surface area contributed by atoms with Gasteiger partial charge in [-0.1, -0.05) is 59.6 Å². The molecule has 0 saturated heterocycles. The van der Waals surface area contributed by atoms with E-state index >= 15 is 0 Å². The summed E-state index contributed by atoms with van der Waals surface area (Å²) in [6, 6.07) is 18.4. The van der Waals surface area contributed by atoms with E-state index in [0.29, 0.717) is 27.9 Å². The zero-order chi connectivity index (χ0) is 28.6. The van der Waals surface area contributed by atoms with E-state index in [2.05, 4.69) is 5.32 Å². The van der Waals surface area contributed by atoms with E-state index in [4.69, 9.17) is 27.9 Å². The molecule has 0 spiro atoms. The first kappa shape index (κ1) is 30.3. The predicted molar refractivity (Wildman–Crippen MR) is 154 cm³/mol. The van der Waals surface area contributed by atoms with Gasteiger partial charge in [0.05, 0.1) is 17.2 Å². The van der Waals surface area contributed by atoms with Crippen molar-refractivity contribution in [2.75, 3.05) is 24.0 Å². The van der Waals surface area contributed by atoms with Gasteiger partial charge in [0, 0.05) is 28.7 Å². The van der Waals surface area contributed by atoms with Gasteiger partial charge < -0.3 is 15.0 Å². The van der Waals surface area contributed by atoms with Crippen molar-refractivity contribution in [3.05, 3.63) is 88.4 Å². The Morgan fingerprint density at radius 2 is 1.54 bits per heavy atom. The van der Waals surface area contributed by atoms with Gasteiger partial charge in [0.15, 0.2) is 0 Å². The first-order chi connectivity index (χ1) is 18.6. The highest BCUT2D eigenvalue weighted by Gasteiger charge is 2.34. The minimum Gasteiger partial charge on any atom is -0.492 e. The van der Waals surface area contributed by atoms with Gasteiger partial charge in [0.25, 0.3) is 10.0 Å². The Labute approximate surface area is 239 Å². The van der Waals surface area contributed by atoms with Crippen LogP contribution in [0.3, 0.4) is 0 Å². The Bertz CT molecular complexity index is 1380. The summed E-state index contributed by atoms with van der Waals surface area (Å²) in [5.41, 5.74) is 0.635. The number of sulfonamides is 1. The second kappa shape index (κ2) is 13.7. The highest BCUT2D eigenvalue weighted by Crippen LogP contribution is 2.33. The third-order valence-corrected chi connectivity index (χ3v) is 8.43. The number of benzene rings is 3. The lowest BCUT2D eigenvalue weighted by Gasteiger charge is -2.32. The number of carbonyl (C=O) groups is 2. The van der Waals surface area contributed by atoms with Crippen LogP contribution >= 0.6 is 23.2 Å². The van der Waals surface area contributed by atoms with Crippen molar-refractivity contribution in [1.29, 1.82) is 0 Å². The normalized spacial score (nSPS) is 11.9. The van der Waals surface area contributed by atoms with E-state index in [-0.39, 0.29) is 23.7 Å². The number of nitrogens with zero attached hydrogens (tertiary/aromatic N) is 2. The summed E-state index contributed by atoms with van der Waals surface area (Å²) in [5.74, 6) is -0.735. The zero-order valence-corrected chi connectivity index (χ0v) is 24.3. The number of halogens is 2. The number of anilines is 1. The van der Waals surface area contributed by atoms with E-state index in [1.165, 1.54) is 17.0 Å². The second-order valence-electron chi connectivity index (χ2n) is 8.52. The molecule has 0 bridgehead atoms. The van der Waals surface area contributed by atoms with E-state index < -0.39 is 34.4 Å². The van der Waals surface area contributed by atoms with Gasteiger partial charge >= 0.3 is 0 Å². The maximum absolute atomic E-state index is 14.0. The lowest BCUT2D eigenvalue weighted by Crippen LogP contribution is -2.51. The Hall–Kier alpha value is -3.27. The number of rotatable bonds is 12. The van der Waals surface area contributed by atoms with Gasteiger partial charge in [0.1, 0.15) is 18.3 Å². The number of carbonyl (C=O) groups excluding carboxylic acids is 2. The van der Waals surface area contributed by atoms with Crippen LogP contribution in [0.1, 0.15) is 26.3 Å². The van der Waals surface area contributed by atoms with Crippen molar-refractivity contribution in [2.24, 2.45) is 0 Å². The highest BCUT2D eigenvalue weighted by molar-refractivity contribution is 7.92. The van der Waals surface area contributed by atoms with Crippen LogP contribution in [-0.2, 0) is 26.2 Å². The number of para-hydroxylation sites is 2. The van der Waals surface area contributed by atoms with Crippen LogP contribution < -0.4 is 14.4 Å². The Kier molecular flexibility index (Phi) is 10.6. The topological polar surface area (TPSA) is 96.0 Å². The third-order valence-electron chi connectivity index (χ3n) is 5.95. The summed E-state index contributed by atoms with van der Waals surface area (Å²) < 4.78 is 34.5. The predicted octanol–water partition coefficient (Wildman–Crippen LogP) is 5.14. The fourth-order valence-electron chi connectivity index (χ4n) is 3.93. The molecule has 208 valence electrons. The second-order valence-corrected chi connectivity index (χ2v) is 11.2. The SMILES string of the molecule is CCNC(=O)[C@@H](C)N(Cc1c(Cl)cccc1Cl)C(=O)CN(c1ccccc1OCC)S(=O)(=O)c1ccccc1. The van der Waals surface area contributed by atoms with Gasteiger partial charge in [-0.3, -0.25) is 13.9 Å². The number of hydrogen-bond donors (Lipinski definition) is 1. The molecule has 0 radical (unpaired) electrons. The van der Waals surface area contributed by atoms with Crippen LogP contribution in [-0.4, -0.2) is 50.9 Å². The first-order valence-corrected chi connectivity index (χ1v) is 14.6. The smallest absolute Gasteiger partial charge is 0.264 e. The summed E-state index contributed by atoms with van der Waals surface area (Å²) in [6.07, 6.45) is 0. The average molecular weight is 593 g/mol. The van der Waals surface area contributed by atoms with Gasteiger partial charge in [-0.2, -0.15) is 0 Å².